The molecule has 1 rings (SSSR count). The van der Waals surface area contributed by atoms with E-state index in [1.807, 2.05) is 0 Å². The van der Waals surface area contributed by atoms with Gasteiger partial charge in [-0.2, -0.15) is 0 Å². The Morgan fingerprint density at radius 2 is 1.35 bits per heavy atom. The van der Waals surface area contributed by atoms with Gasteiger partial charge in [0.2, 0.25) is 0 Å². The lowest BCUT2D eigenvalue weighted by Gasteiger charge is -2.20. The molecule has 0 unspecified atom stereocenters. The van der Waals surface area contributed by atoms with Crippen LogP contribution in [0.1, 0.15) is 32.6 Å². The van der Waals surface area contributed by atoms with E-state index in [1.165, 1.54) is 43.6 Å². The molecule has 0 amide bonds. The molecule has 100 valence electrons. The van der Waals surface area contributed by atoms with Crippen LogP contribution in [-0.4, -0.2) is 62.5 Å². The Bertz CT molecular complexity index is 251. The van der Waals surface area contributed by atoms with Gasteiger partial charge >= 0.3 is 0 Å². The van der Waals surface area contributed by atoms with E-state index in [0.29, 0.717) is 6.04 Å². The average molecular weight is 239 g/mol. The summed E-state index contributed by atoms with van der Waals surface area (Å²) >= 11 is 0. The van der Waals surface area contributed by atoms with Crippen molar-refractivity contribution in [3.05, 3.63) is 11.4 Å². The highest BCUT2D eigenvalue weighted by Crippen LogP contribution is 2.38. The van der Waals surface area contributed by atoms with E-state index in [0.717, 1.165) is 0 Å². The molecule has 0 atom stereocenters. The molecular formula is C14H29N3. The molecular weight excluding hydrogens is 210 g/mol. The highest BCUT2D eigenvalue weighted by atomic mass is 15.3. The molecule has 0 fully saturated rings. The third kappa shape index (κ3) is 3.63. The molecule has 0 N–H and O–H groups in total. The molecule has 3 heteroatoms. The maximum atomic E-state index is 2.49. The van der Waals surface area contributed by atoms with E-state index < -0.39 is 0 Å². The third-order valence-corrected chi connectivity index (χ3v) is 3.47. The number of nitrogens with zero attached hydrogens (tertiary/aromatic N) is 3. The fourth-order valence-corrected chi connectivity index (χ4v) is 2.47. The van der Waals surface area contributed by atoms with E-state index in [1.54, 1.807) is 0 Å². The van der Waals surface area contributed by atoms with Crippen LogP contribution in [0.15, 0.2) is 11.4 Å². The zero-order valence-electron chi connectivity index (χ0n) is 12.5. The second kappa shape index (κ2) is 6.29. The number of hydrogen-bond acceptors (Lipinski definition) is 3. The maximum Gasteiger partial charge on any atom is 0.0937 e. The van der Waals surface area contributed by atoms with E-state index in [9.17, 15) is 0 Å². The van der Waals surface area contributed by atoms with Crippen LogP contribution in [0, 0.1) is 0 Å². The van der Waals surface area contributed by atoms with Crippen molar-refractivity contribution in [1.82, 2.24) is 14.7 Å². The molecule has 0 aliphatic heterocycles. The summed E-state index contributed by atoms with van der Waals surface area (Å²) in [6.07, 6.45) is 5.37. The molecule has 1 aliphatic rings. The Kier molecular flexibility index (Phi) is 5.31. The van der Waals surface area contributed by atoms with Gasteiger partial charge in [0.25, 0.3) is 0 Å². The van der Waals surface area contributed by atoms with Gasteiger partial charge in [-0.15, -0.1) is 0 Å². The predicted octanol–water partition coefficient (Wildman–Crippen LogP) is 2.22. The van der Waals surface area contributed by atoms with Crippen LogP contribution in [0.4, 0.5) is 0 Å². The first-order valence-electron chi connectivity index (χ1n) is 6.79. The lowest BCUT2D eigenvalue weighted by Crippen LogP contribution is -2.29. The quantitative estimate of drug-likeness (QED) is 0.601. The Balaban J connectivity index is 2.37. The van der Waals surface area contributed by atoms with Crippen molar-refractivity contribution in [2.45, 2.75) is 38.6 Å². The minimum atomic E-state index is 0.557. The Morgan fingerprint density at radius 1 is 0.824 bits per heavy atom. The molecule has 0 saturated heterocycles. The maximum absolute atomic E-state index is 2.49. The predicted molar refractivity (Wildman–Crippen MR) is 75.0 cm³/mol. The third-order valence-electron chi connectivity index (χ3n) is 3.47. The molecule has 1 aliphatic carbocycles. The minimum absolute atomic E-state index is 0.557. The Hall–Kier alpha value is -0.700. The second-order valence-electron chi connectivity index (χ2n) is 5.50. The Morgan fingerprint density at radius 3 is 1.76 bits per heavy atom. The molecule has 0 bridgehead atoms. The van der Waals surface area contributed by atoms with Crippen LogP contribution < -0.4 is 0 Å². The van der Waals surface area contributed by atoms with E-state index in [-0.39, 0.29) is 0 Å². The summed E-state index contributed by atoms with van der Waals surface area (Å²) in [6, 6.07) is 0.557. The van der Waals surface area contributed by atoms with E-state index in [4.69, 9.17) is 0 Å². The highest BCUT2D eigenvalue weighted by molar-refractivity contribution is 5.43. The van der Waals surface area contributed by atoms with Gasteiger partial charge < -0.3 is 9.80 Å². The minimum Gasteiger partial charge on any atom is -0.378 e. The number of hydrogen-bond donors (Lipinski definition) is 0. The SMILES string of the molecule is CCCCCCN(C)C1C(N(C)C)=C1N(C)C. The molecule has 0 radical (unpaired) electrons. The summed E-state index contributed by atoms with van der Waals surface area (Å²) in [5.74, 6) is 0. The summed E-state index contributed by atoms with van der Waals surface area (Å²) < 4.78 is 0. The molecule has 17 heavy (non-hydrogen) atoms. The van der Waals surface area contributed by atoms with E-state index in [2.05, 4.69) is 56.9 Å². The van der Waals surface area contributed by atoms with Crippen molar-refractivity contribution >= 4 is 0 Å². The molecule has 3 nitrogen and oxygen atoms in total. The molecule has 0 aromatic rings. The van der Waals surface area contributed by atoms with Gasteiger partial charge in [0.05, 0.1) is 17.4 Å². The summed E-state index contributed by atoms with van der Waals surface area (Å²) in [6.45, 7) is 3.47. The first-order chi connectivity index (χ1) is 8.00. The average Bonchev–Trinajstić information content (AvgIpc) is 2.99. The molecule has 0 heterocycles. The van der Waals surface area contributed by atoms with Crippen LogP contribution in [0.5, 0.6) is 0 Å². The fourth-order valence-electron chi connectivity index (χ4n) is 2.47. The van der Waals surface area contributed by atoms with Crippen molar-refractivity contribution < 1.29 is 0 Å². The Labute approximate surface area is 107 Å². The molecule has 0 spiro atoms. The monoisotopic (exact) mass is 239 g/mol. The van der Waals surface area contributed by atoms with Crippen LogP contribution in [-0.2, 0) is 0 Å². The number of likely N-dealkylation sites (N-methyl/N-ethyl adjacent to an activating group) is 3. The summed E-state index contributed by atoms with van der Waals surface area (Å²) in [5, 5.41) is 0. The normalized spacial score (nSPS) is 15.7. The lowest BCUT2D eigenvalue weighted by molar-refractivity contribution is 0.290. The van der Waals surface area contributed by atoms with Gasteiger partial charge in [-0.05, 0) is 20.0 Å². The topological polar surface area (TPSA) is 9.72 Å². The van der Waals surface area contributed by atoms with Crippen LogP contribution >= 0.6 is 0 Å². The standard InChI is InChI=1S/C14H29N3/c1-7-8-9-10-11-17(6)14-12(15(2)3)13(14)16(4)5/h14H,7-11H2,1-6H3. The lowest BCUT2D eigenvalue weighted by atomic mass is 10.2. The molecule has 0 saturated carbocycles. The summed E-state index contributed by atoms with van der Waals surface area (Å²) in [5.41, 5.74) is 2.96. The van der Waals surface area contributed by atoms with Crippen molar-refractivity contribution in [1.29, 1.82) is 0 Å². The van der Waals surface area contributed by atoms with Gasteiger partial charge in [-0.25, -0.2) is 0 Å². The van der Waals surface area contributed by atoms with Crippen LogP contribution in [0.25, 0.3) is 0 Å². The van der Waals surface area contributed by atoms with Gasteiger partial charge in [-0.1, -0.05) is 26.2 Å². The van der Waals surface area contributed by atoms with Gasteiger partial charge in [0.1, 0.15) is 0 Å². The van der Waals surface area contributed by atoms with Gasteiger partial charge in [0, 0.05) is 28.2 Å². The van der Waals surface area contributed by atoms with Crippen molar-refractivity contribution in [3.8, 4) is 0 Å². The van der Waals surface area contributed by atoms with Crippen LogP contribution in [0.2, 0.25) is 0 Å². The molecule has 0 aromatic carbocycles. The largest absolute Gasteiger partial charge is 0.378 e. The van der Waals surface area contributed by atoms with Crippen molar-refractivity contribution in [2.24, 2.45) is 0 Å². The molecule has 0 aromatic heterocycles. The highest BCUT2D eigenvalue weighted by Gasteiger charge is 2.42. The zero-order chi connectivity index (χ0) is 13.0. The van der Waals surface area contributed by atoms with Gasteiger partial charge in [0.15, 0.2) is 0 Å². The van der Waals surface area contributed by atoms with Crippen molar-refractivity contribution in [3.63, 3.8) is 0 Å². The summed E-state index contributed by atoms with van der Waals surface area (Å²) in [7, 11) is 10.8. The first-order valence-corrected chi connectivity index (χ1v) is 6.79. The van der Waals surface area contributed by atoms with Crippen molar-refractivity contribution in [2.75, 3.05) is 41.8 Å². The zero-order valence-corrected chi connectivity index (χ0v) is 12.5. The fraction of sp³-hybridized carbons (Fsp3) is 0.857. The first kappa shape index (κ1) is 14.4. The summed E-state index contributed by atoms with van der Waals surface area (Å²) in [4.78, 5) is 6.99. The smallest absolute Gasteiger partial charge is 0.0937 e. The number of unbranched alkanes of at least 4 members (excludes halogenated alkanes) is 3. The van der Waals surface area contributed by atoms with Crippen LogP contribution in [0.3, 0.4) is 0 Å². The number of rotatable bonds is 8. The van der Waals surface area contributed by atoms with E-state index >= 15 is 0 Å². The van der Waals surface area contributed by atoms with Gasteiger partial charge in [-0.3, -0.25) is 4.90 Å². The second-order valence-corrected chi connectivity index (χ2v) is 5.50.